The van der Waals surface area contributed by atoms with Gasteiger partial charge in [0, 0.05) is 31.3 Å². The van der Waals surface area contributed by atoms with Gasteiger partial charge in [-0.15, -0.1) is 10.2 Å². The van der Waals surface area contributed by atoms with E-state index in [-0.39, 0.29) is 11.9 Å². The van der Waals surface area contributed by atoms with Crippen LogP contribution in [0.2, 0.25) is 5.15 Å². The molecule has 2 fully saturated rings. The first-order valence-corrected chi connectivity index (χ1v) is 10.7. The molecule has 0 aromatic carbocycles. The van der Waals surface area contributed by atoms with Crippen LogP contribution in [0, 0.1) is 18.8 Å². The summed E-state index contributed by atoms with van der Waals surface area (Å²) < 4.78 is 44.1. The molecule has 2 aliphatic rings. The monoisotopic (exact) mass is 467 g/mol. The fraction of sp³-hybridized carbons (Fsp3) is 0.500. The molecule has 0 amide bonds. The van der Waals surface area contributed by atoms with E-state index in [1.54, 1.807) is 12.3 Å². The minimum absolute atomic E-state index is 0.00309. The molecule has 32 heavy (non-hydrogen) atoms. The van der Waals surface area contributed by atoms with Crippen molar-refractivity contribution in [1.29, 1.82) is 0 Å². The normalized spacial score (nSPS) is 23.0. The minimum Gasteiger partial charge on any atom is -0.468 e. The molecule has 0 radical (unpaired) electrons. The molecule has 8 nitrogen and oxygen atoms in total. The Kier molecular flexibility index (Phi) is 5.23. The number of aromatic nitrogens is 5. The van der Waals surface area contributed by atoms with Crippen LogP contribution in [-0.4, -0.2) is 56.7 Å². The van der Waals surface area contributed by atoms with E-state index in [4.69, 9.17) is 16.3 Å². The predicted molar refractivity (Wildman–Crippen MR) is 112 cm³/mol. The summed E-state index contributed by atoms with van der Waals surface area (Å²) in [6.45, 7) is 2.12. The van der Waals surface area contributed by atoms with Crippen molar-refractivity contribution in [3.63, 3.8) is 0 Å². The third-order valence-corrected chi connectivity index (χ3v) is 6.32. The summed E-state index contributed by atoms with van der Waals surface area (Å²) in [6, 6.07) is 5.14. The molecule has 1 aliphatic carbocycles. The highest BCUT2D eigenvalue weighted by atomic mass is 35.5. The molecule has 1 aliphatic heterocycles. The third-order valence-electron chi connectivity index (χ3n) is 6.13. The van der Waals surface area contributed by atoms with E-state index >= 15 is 0 Å². The standard InChI is InChI=1S/C20H21ClF3N7O/c1-11-2-5-16(32-10-20(22,23)24)31-18(11)27-19(29-31)26-17-12-3-4-13(17)9-30(8-12)14-6-15(21)28-25-7-14/h2,5-7,12-13,17H,3-4,8-10H2,1H3,(H,26,29). The molecular formula is C20H21ClF3N7O. The predicted octanol–water partition coefficient (Wildman–Crippen LogP) is 3.75. The highest BCUT2D eigenvalue weighted by Crippen LogP contribution is 2.40. The van der Waals surface area contributed by atoms with Gasteiger partial charge in [0.05, 0.1) is 11.9 Å². The van der Waals surface area contributed by atoms with Crippen LogP contribution in [0.3, 0.4) is 0 Å². The minimum atomic E-state index is -4.43. The maximum Gasteiger partial charge on any atom is 0.422 e. The van der Waals surface area contributed by atoms with Crippen LogP contribution < -0.4 is 15.0 Å². The fourth-order valence-corrected chi connectivity index (χ4v) is 4.87. The number of nitrogens with zero attached hydrogens (tertiary/aromatic N) is 6. The van der Waals surface area contributed by atoms with Crippen molar-refractivity contribution in [3.05, 3.63) is 35.1 Å². The molecular weight excluding hydrogens is 447 g/mol. The van der Waals surface area contributed by atoms with Gasteiger partial charge in [-0.3, -0.25) is 0 Å². The average Bonchev–Trinajstić information content (AvgIpc) is 3.25. The summed E-state index contributed by atoms with van der Waals surface area (Å²) in [5, 5.41) is 16.0. The second kappa shape index (κ2) is 7.95. The van der Waals surface area contributed by atoms with Crippen LogP contribution >= 0.6 is 11.6 Å². The maximum absolute atomic E-state index is 12.6. The molecule has 1 N–H and O–H groups in total. The van der Waals surface area contributed by atoms with Crippen LogP contribution in [0.1, 0.15) is 18.4 Å². The Morgan fingerprint density at radius 1 is 1.22 bits per heavy atom. The van der Waals surface area contributed by atoms with E-state index in [1.165, 1.54) is 10.6 Å². The smallest absolute Gasteiger partial charge is 0.422 e. The third kappa shape index (κ3) is 4.13. The average molecular weight is 468 g/mol. The lowest BCUT2D eigenvalue weighted by Gasteiger charge is -2.39. The molecule has 12 heteroatoms. The first-order chi connectivity index (χ1) is 15.3. The Bertz CT molecular complexity index is 1120. The number of alkyl halides is 3. The summed E-state index contributed by atoms with van der Waals surface area (Å²) in [7, 11) is 0. The Labute approximate surface area is 186 Å². The number of aryl methyl sites for hydroxylation is 1. The van der Waals surface area contributed by atoms with E-state index in [9.17, 15) is 13.2 Å². The van der Waals surface area contributed by atoms with Crippen molar-refractivity contribution in [3.8, 4) is 5.88 Å². The van der Waals surface area contributed by atoms with Gasteiger partial charge in [-0.05, 0) is 37.2 Å². The molecule has 170 valence electrons. The molecule has 3 aromatic rings. The first kappa shape index (κ1) is 21.0. The summed E-state index contributed by atoms with van der Waals surface area (Å²) in [5.74, 6) is 1.13. The number of pyridine rings is 1. The molecule has 5 rings (SSSR count). The number of hydrogen-bond acceptors (Lipinski definition) is 7. The number of ether oxygens (including phenoxy) is 1. The van der Waals surface area contributed by atoms with Gasteiger partial charge in [-0.1, -0.05) is 17.7 Å². The van der Waals surface area contributed by atoms with Gasteiger partial charge in [0.15, 0.2) is 17.4 Å². The maximum atomic E-state index is 12.6. The fourth-order valence-electron chi connectivity index (χ4n) is 4.71. The Morgan fingerprint density at radius 2 is 1.97 bits per heavy atom. The van der Waals surface area contributed by atoms with Crippen LogP contribution in [0.4, 0.5) is 24.8 Å². The van der Waals surface area contributed by atoms with Crippen molar-refractivity contribution in [2.24, 2.45) is 11.8 Å². The largest absolute Gasteiger partial charge is 0.468 e. The Balaban J connectivity index is 1.34. The molecule has 2 unspecified atom stereocenters. The van der Waals surface area contributed by atoms with Gasteiger partial charge < -0.3 is 15.0 Å². The molecule has 1 saturated carbocycles. The van der Waals surface area contributed by atoms with E-state index in [1.807, 2.05) is 13.0 Å². The molecule has 4 heterocycles. The van der Waals surface area contributed by atoms with Crippen LogP contribution in [0.5, 0.6) is 5.88 Å². The quantitative estimate of drug-likeness (QED) is 0.612. The van der Waals surface area contributed by atoms with E-state index in [2.05, 4.69) is 30.5 Å². The number of halogens is 4. The zero-order chi connectivity index (χ0) is 22.5. The molecule has 0 spiro atoms. The van der Waals surface area contributed by atoms with Crippen LogP contribution in [0.25, 0.3) is 5.65 Å². The highest BCUT2D eigenvalue weighted by molar-refractivity contribution is 6.29. The SMILES string of the molecule is Cc1ccc(OCC(F)(F)F)n2nc(NC3C4CCC3CN(c3cnnc(Cl)c3)C4)nc12. The number of fused-ring (bicyclic) bond motifs is 3. The molecule has 1 saturated heterocycles. The number of piperidine rings is 1. The Hall–Kier alpha value is -2.82. The molecule has 2 atom stereocenters. The van der Waals surface area contributed by atoms with Crippen LogP contribution in [0.15, 0.2) is 24.4 Å². The van der Waals surface area contributed by atoms with Gasteiger partial charge in [0.2, 0.25) is 11.8 Å². The van der Waals surface area contributed by atoms with Gasteiger partial charge in [0.1, 0.15) is 0 Å². The summed E-state index contributed by atoms with van der Waals surface area (Å²) in [5.41, 5.74) is 2.22. The van der Waals surface area contributed by atoms with Gasteiger partial charge in [-0.2, -0.15) is 27.8 Å². The zero-order valence-corrected chi connectivity index (χ0v) is 17.9. The molecule has 3 aromatic heterocycles. The van der Waals surface area contributed by atoms with Crippen molar-refractivity contribution in [1.82, 2.24) is 24.8 Å². The second-order valence-corrected chi connectivity index (χ2v) is 8.73. The summed E-state index contributed by atoms with van der Waals surface area (Å²) in [4.78, 5) is 6.80. The lowest BCUT2D eigenvalue weighted by atomic mass is 9.92. The summed E-state index contributed by atoms with van der Waals surface area (Å²) in [6.07, 6.45) is -0.580. The lowest BCUT2D eigenvalue weighted by Crippen LogP contribution is -2.48. The lowest BCUT2D eigenvalue weighted by molar-refractivity contribution is -0.154. The van der Waals surface area contributed by atoms with Crippen LogP contribution in [-0.2, 0) is 0 Å². The van der Waals surface area contributed by atoms with Gasteiger partial charge in [0.25, 0.3) is 0 Å². The highest BCUT2D eigenvalue weighted by Gasteiger charge is 2.42. The Morgan fingerprint density at radius 3 is 2.66 bits per heavy atom. The summed E-state index contributed by atoms with van der Waals surface area (Å²) >= 11 is 6.00. The van der Waals surface area contributed by atoms with E-state index < -0.39 is 12.8 Å². The van der Waals surface area contributed by atoms with Crippen molar-refractivity contribution >= 4 is 28.9 Å². The van der Waals surface area contributed by atoms with E-state index in [0.29, 0.717) is 28.6 Å². The number of rotatable bonds is 5. The first-order valence-electron chi connectivity index (χ1n) is 10.3. The number of hydrogen-bond donors (Lipinski definition) is 1. The van der Waals surface area contributed by atoms with Crippen molar-refractivity contribution in [2.75, 3.05) is 29.9 Å². The number of nitrogens with one attached hydrogen (secondary N) is 1. The van der Waals surface area contributed by atoms with Crippen molar-refractivity contribution in [2.45, 2.75) is 32.0 Å². The zero-order valence-electron chi connectivity index (χ0n) is 17.2. The van der Waals surface area contributed by atoms with Gasteiger partial charge >= 0.3 is 6.18 Å². The topological polar surface area (TPSA) is 80.5 Å². The van der Waals surface area contributed by atoms with Crippen molar-refractivity contribution < 1.29 is 17.9 Å². The number of anilines is 2. The second-order valence-electron chi connectivity index (χ2n) is 8.34. The van der Waals surface area contributed by atoms with E-state index in [0.717, 1.165) is 37.2 Å². The molecule has 2 bridgehead atoms. The van der Waals surface area contributed by atoms with Gasteiger partial charge in [-0.25, -0.2) is 0 Å².